The number of aromatic nitrogens is 4. The van der Waals surface area contributed by atoms with Crippen molar-refractivity contribution in [1.29, 1.82) is 0 Å². The Kier molecular flexibility index (Phi) is 5.86. The third-order valence-electron chi connectivity index (χ3n) is 5.04. The number of carbonyl (C=O) groups excluding carboxylic acids is 1. The highest BCUT2D eigenvalue weighted by molar-refractivity contribution is 7.89. The quantitative estimate of drug-likeness (QED) is 0.640. The lowest BCUT2D eigenvalue weighted by molar-refractivity contribution is -0.125. The highest BCUT2D eigenvalue weighted by Gasteiger charge is 2.37. The molecule has 1 atom stereocenters. The summed E-state index contributed by atoms with van der Waals surface area (Å²) in [5, 5.41) is 6.88. The van der Waals surface area contributed by atoms with Crippen LogP contribution in [0.15, 0.2) is 66.2 Å². The number of rotatable bonds is 6. The zero-order chi connectivity index (χ0) is 21.0. The minimum Gasteiger partial charge on any atom is -0.351 e. The zero-order valence-corrected chi connectivity index (χ0v) is 17.1. The maximum atomic E-state index is 13.0. The van der Waals surface area contributed by atoms with Gasteiger partial charge in [-0.15, -0.1) is 0 Å². The number of nitrogens with one attached hydrogen (secondary N) is 1. The molecule has 1 aliphatic heterocycles. The largest absolute Gasteiger partial charge is 0.351 e. The summed E-state index contributed by atoms with van der Waals surface area (Å²) in [4.78, 5) is 21.3. The summed E-state index contributed by atoms with van der Waals surface area (Å²) >= 11 is 0. The van der Waals surface area contributed by atoms with Gasteiger partial charge in [-0.3, -0.25) is 4.79 Å². The van der Waals surface area contributed by atoms with Crippen molar-refractivity contribution < 1.29 is 13.2 Å². The lowest BCUT2D eigenvalue weighted by Crippen LogP contribution is -2.51. The van der Waals surface area contributed by atoms with Crippen molar-refractivity contribution in [3.8, 4) is 5.82 Å². The Bertz CT molecular complexity index is 1090. The fourth-order valence-corrected chi connectivity index (χ4v) is 5.15. The highest BCUT2D eigenvalue weighted by Crippen LogP contribution is 2.25. The van der Waals surface area contributed by atoms with Gasteiger partial charge in [0.2, 0.25) is 15.9 Å². The topological polar surface area (TPSA) is 110 Å². The summed E-state index contributed by atoms with van der Waals surface area (Å²) in [6, 6.07) is 11.1. The number of hydrogen-bond donors (Lipinski definition) is 1. The molecule has 1 fully saturated rings. The second kappa shape index (κ2) is 8.72. The molecule has 10 heteroatoms. The summed E-state index contributed by atoms with van der Waals surface area (Å²) < 4.78 is 29.0. The van der Waals surface area contributed by atoms with Gasteiger partial charge in [0, 0.05) is 19.3 Å². The molecule has 0 aliphatic carbocycles. The van der Waals surface area contributed by atoms with E-state index in [1.807, 2.05) is 6.07 Å². The predicted octanol–water partition coefficient (Wildman–Crippen LogP) is 1.52. The molecule has 30 heavy (non-hydrogen) atoms. The van der Waals surface area contributed by atoms with Gasteiger partial charge in [0.15, 0.2) is 5.82 Å². The number of amides is 1. The van der Waals surface area contributed by atoms with Crippen LogP contribution in [0.1, 0.15) is 24.8 Å². The van der Waals surface area contributed by atoms with Crippen molar-refractivity contribution >= 4 is 15.9 Å². The number of pyridine rings is 1. The molecular weight excluding hydrogens is 404 g/mol. The summed E-state index contributed by atoms with van der Waals surface area (Å²) in [6.07, 6.45) is 6.68. The molecule has 3 aromatic rings. The van der Waals surface area contributed by atoms with Crippen molar-refractivity contribution in [3.63, 3.8) is 0 Å². The molecule has 156 valence electrons. The van der Waals surface area contributed by atoms with E-state index in [1.165, 1.54) is 15.3 Å². The lowest BCUT2D eigenvalue weighted by Gasteiger charge is -2.33. The van der Waals surface area contributed by atoms with E-state index in [2.05, 4.69) is 20.4 Å². The van der Waals surface area contributed by atoms with Gasteiger partial charge in [-0.1, -0.05) is 30.7 Å². The van der Waals surface area contributed by atoms with Crippen molar-refractivity contribution in [2.24, 2.45) is 0 Å². The van der Waals surface area contributed by atoms with E-state index < -0.39 is 16.1 Å². The molecule has 1 N–H and O–H groups in total. The van der Waals surface area contributed by atoms with Crippen molar-refractivity contribution in [3.05, 3.63) is 66.9 Å². The predicted molar refractivity (Wildman–Crippen MR) is 109 cm³/mol. The van der Waals surface area contributed by atoms with E-state index >= 15 is 0 Å². The average Bonchev–Trinajstić information content (AvgIpc) is 3.33. The number of hydrogen-bond acceptors (Lipinski definition) is 6. The molecule has 4 rings (SSSR count). The zero-order valence-electron chi connectivity index (χ0n) is 16.3. The normalized spacial score (nSPS) is 17.5. The molecule has 0 spiro atoms. The Morgan fingerprint density at radius 3 is 2.67 bits per heavy atom. The third-order valence-corrected chi connectivity index (χ3v) is 6.96. The molecule has 1 saturated heterocycles. The smallest absolute Gasteiger partial charge is 0.243 e. The Balaban J connectivity index is 1.44. The van der Waals surface area contributed by atoms with Crippen LogP contribution in [-0.4, -0.2) is 51.0 Å². The first-order valence-electron chi connectivity index (χ1n) is 9.70. The molecule has 0 bridgehead atoms. The van der Waals surface area contributed by atoms with Crippen LogP contribution in [-0.2, 0) is 21.4 Å². The Morgan fingerprint density at radius 2 is 1.97 bits per heavy atom. The highest BCUT2D eigenvalue weighted by atomic mass is 32.2. The van der Waals surface area contributed by atoms with Crippen LogP contribution in [0.5, 0.6) is 0 Å². The summed E-state index contributed by atoms with van der Waals surface area (Å²) in [7, 11) is -3.73. The molecule has 1 aliphatic rings. The van der Waals surface area contributed by atoms with E-state index in [4.69, 9.17) is 0 Å². The number of nitrogens with zero attached hydrogens (tertiary/aromatic N) is 5. The monoisotopic (exact) mass is 426 g/mol. The molecule has 0 saturated carbocycles. The number of piperidine rings is 1. The molecule has 9 nitrogen and oxygen atoms in total. The lowest BCUT2D eigenvalue weighted by atomic mass is 10.0. The van der Waals surface area contributed by atoms with E-state index in [0.29, 0.717) is 18.8 Å². The second-order valence-electron chi connectivity index (χ2n) is 7.02. The van der Waals surface area contributed by atoms with Crippen LogP contribution in [0.2, 0.25) is 0 Å². The second-order valence-corrected chi connectivity index (χ2v) is 8.91. The molecular formula is C20H22N6O3S. The van der Waals surface area contributed by atoms with E-state index in [1.54, 1.807) is 48.9 Å². The van der Waals surface area contributed by atoms with Crippen LogP contribution in [0, 0.1) is 0 Å². The maximum absolute atomic E-state index is 13.0. The fraction of sp³-hybridized carbons (Fsp3) is 0.300. The van der Waals surface area contributed by atoms with E-state index in [-0.39, 0.29) is 17.3 Å². The SMILES string of the molecule is O=C(NCc1ccc(-n2cncn2)nc1)C1CCCCN1S(=O)(=O)c1ccccc1. The maximum Gasteiger partial charge on any atom is 0.243 e. The summed E-state index contributed by atoms with van der Waals surface area (Å²) in [5.74, 6) is 0.324. The Hall–Kier alpha value is -3.11. The van der Waals surface area contributed by atoms with Gasteiger partial charge in [-0.25, -0.2) is 23.1 Å². The number of sulfonamides is 1. The van der Waals surface area contributed by atoms with Gasteiger partial charge in [-0.2, -0.15) is 9.40 Å². The Morgan fingerprint density at radius 1 is 1.13 bits per heavy atom. The minimum absolute atomic E-state index is 0.206. The minimum atomic E-state index is -3.73. The van der Waals surface area contributed by atoms with Crippen molar-refractivity contribution in [2.75, 3.05) is 6.54 Å². The van der Waals surface area contributed by atoms with E-state index in [0.717, 1.165) is 18.4 Å². The van der Waals surface area contributed by atoms with Gasteiger partial charge in [0.1, 0.15) is 18.7 Å². The first-order valence-corrected chi connectivity index (χ1v) is 11.1. The molecule has 2 aromatic heterocycles. The van der Waals surface area contributed by atoms with Gasteiger partial charge in [0.25, 0.3) is 0 Å². The first-order chi connectivity index (χ1) is 14.6. The Labute approximate surface area is 174 Å². The van der Waals surface area contributed by atoms with Gasteiger partial charge in [-0.05, 0) is 36.6 Å². The molecule has 0 radical (unpaired) electrons. The fourth-order valence-electron chi connectivity index (χ4n) is 3.47. The molecule has 1 unspecified atom stereocenters. The molecule has 1 amide bonds. The van der Waals surface area contributed by atoms with Crippen LogP contribution in [0.3, 0.4) is 0 Å². The van der Waals surface area contributed by atoms with Crippen molar-refractivity contribution in [1.82, 2.24) is 29.4 Å². The number of benzene rings is 1. The van der Waals surface area contributed by atoms with Crippen molar-refractivity contribution in [2.45, 2.75) is 36.7 Å². The van der Waals surface area contributed by atoms with Gasteiger partial charge >= 0.3 is 0 Å². The summed E-state index contributed by atoms with van der Waals surface area (Å²) in [5.41, 5.74) is 0.806. The molecule has 3 heterocycles. The number of carbonyl (C=O) groups is 1. The first kappa shape index (κ1) is 20.2. The average molecular weight is 427 g/mol. The molecule has 1 aromatic carbocycles. The van der Waals surface area contributed by atoms with Crippen LogP contribution < -0.4 is 5.32 Å². The van der Waals surface area contributed by atoms with Crippen LogP contribution >= 0.6 is 0 Å². The van der Waals surface area contributed by atoms with Gasteiger partial charge in [0.05, 0.1) is 4.90 Å². The van der Waals surface area contributed by atoms with Crippen LogP contribution in [0.4, 0.5) is 0 Å². The third kappa shape index (κ3) is 4.24. The summed E-state index contributed by atoms with van der Waals surface area (Å²) in [6.45, 7) is 0.600. The van der Waals surface area contributed by atoms with Crippen LogP contribution in [0.25, 0.3) is 5.82 Å². The van der Waals surface area contributed by atoms with E-state index in [9.17, 15) is 13.2 Å². The van der Waals surface area contributed by atoms with Gasteiger partial charge < -0.3 is 5.32 Å². The standard InChI is InChI=1S/C20H22N6O3S/c27-20(23-13-16-9-10-19(22-12-16)25-15-21-14-24-25)18-8-4-5-11-26(18)30(28,29)17-6-2-1-3-7-17/h1-3,6-7,9-10,12,14-15,18H,4-5,8,11,13H2,(H,23,27).